The van der Waals surface area contributed by atoms with E-state index in [-0.39, 0.29) is 29.2 Å². The Morgan fingerprint density at radius 3 is 2.97 bits per heavy atom. The van der Waals surface area contributed by atoms with Crippen molar-refractivity contribution in [3.05, 3.63) is 52.6 Å². The van der Waals surface area contributed by atoms with Gasteiger partial charge in [-0.05, 0) is 35.4 Å². The van der Waals surface area contributed by atoms with Crippen LogP contribution in [-0.2, 0) is 16.9 Å². The number of aromatic nitrogens is 2. The van der Waals surface area contributed by atoms with Crippen molar-refractivity contribution in [1.82, 2.24) is 25.5 Å². The zero-order valence-electron chi connectivity index (χ0n) is 15.7. The lowest BCUT2D eigenvalue weighted by atomic mass is 9.95. The molecule has 0 bridgehead atoms. The van der Waals surface area contributed by atoms with Crippen molar-refractivity contribution < 1.29 is 23.8 Å². The van der Waals surface area contributed by atoms with E-state index in [1.807, 2.05) is 6.07 Å². The van der Waals surface area contributed by atoms with Crippen LogP contribution < -0.4 is 15.4 Å². The van der Waals surface area contributed by atoms with Crippen LogP contribution in [0.4, 0.5) is 0 Å². The SMILES string of the molecule is COc1ccc2c(c1)C(=O)N(C[C@@]1(c3cc4cnc(Cl)nc4o3)NC(O)NC1=O)C2. The Labute approximate surface area is 174 Å². The third-order valence-corrected chi connectivity index (χ3v) is 5.51. The van der Waals surface area contributed by atoms with Crippen molar-refractivity contribution in [2.45, 2.75) is 18.4 Å². The first-order chi connectivity index (χ1) is 14.4. The van der Waals surface area contributed by atoms with Crippen molar-refractivity contribution in [3.8, 4) is 5.75 Å². The molecule has 154 valence electrons. The molecule has 0 saturated carbocycles. The Bertz CT molecular complexity index is 1200. The highest BCUT2D eigenvalue weighted by molar-refractivity contribution is 6.28. The monoisotopic (exact) mass is 429 g/mol. The van der Waals surface area contributed by atoms with E-state index in [0.717, 1.165) is 5.56 Å². The van der Waals surface area contributed by atoms with Gasteiger partial charge in [-0.3, -0.25) is 14.9 Å². The molecule has 3 N–H and O–H groups in total. The van der Waals surface area contributed by atoms with Gasteiger partial charge >= 0.3 is 0 Å². The molecule has 2 amide bonds. The number of halogens is 1. The number of benzene rings is 1. The fraction of sp³-hybridized carbons (Fsp3) is 0.263. The van der Waals surface area contributed by atoms with E-state index < -0.39 is 17.8 Å². The minimum Gasteiger partial charge on any atom is -0.497 e. The second-order valence-electron chi connectivity index (χ2n) is 7.12. The van der Waals surface area contributed by atoms with Gasteiger partial charge in [0.15, 0.2) is 11.9 Å². The maximum atomic E-state index is 13.0. The summed E-state index contributed by atoms with van der Waals surface area (Å²) in [6.45, 7) is 0.226. The molecule has 5 rings (SSSR count). The molecule has 30 heavy (non-hydrogen) atoms. The highest BCUT2D eigenvalue weighted by Crippen LogP contribution is 2.35. The minimum absolute atomic E-state index is 0.000403. The van der Waals surface area contributed by atoms with Gasteiger partial charge in [0.05, 0.1) is 19.0 Å². The predicted octanol–water partition coefficient (Wildman–Crippen LogP) is 0.731. The molecule has 4 heterocycles. The number of aliphatic hydroxyl groups is 1. The fourth-order valence-corrected chi connectivity index (χ4v) is 3.99. The smallest absolute Gasteiger partial charge is 0.254 e. The number of furan rings is 1. The van der Waals surface area contributed by atoms with Gasteiger partial charge in [-0.15, -0.1) is 0 Å². The van der Waals surface area contributed by atoms with E-state index in [9.17, 15) is 14.7 Å². The van der Waals surface area contributed by atoms with E-state index >= 15 is 0 Å². The summed E-state index contributed by atoms with van der Waals surface area (Å²) in [4.78, 5) is 35.4. The van der Waals surface area contributed by atoms with Gasteiger partial charge in [-0.1, -0.05) is 6.07 Å². The van der Waals surface area contributed by atoms with Gasteiger partial charge in [-0.25, -0.2) is 4.98 Å². The third kappa shape index (κ3) is 2.80. The quantitative estimate of drug-likeness (QED) is 0.517. The van der Waals surface area contributed by atoms with E-state index in [0.29, 0.717) is 23.2 Å². The molecular weight excluding hydrogens is 414 g/mol. The van der Waals surface area contributed by atoms with E-state index in [1.54, 1.807) is 18.2 Å². The molecule has 10 nitrogen and oxygen atoms in total. The maximum absolute atomic E-state index is 13.0. The van der Waals surface area contributed by atoms with Crippen LogP contribution in [0.5, 0.6) is 5.75 Å². The lowest BCUT2D eigenvalue weighted by molar-refractivity contribution is -0.125. The minimum atomic E-state index is -1.52. The Hall–Kier alpha value is -3.21. The molecule has 0 spiro atoms. The average molecular weight is 430 g/mol. The molecular formula is C19H16ClN5O5. The molecule has 0 radical (unpaired) electrons. The van der Waals surface area contributed by atoms with E-state index in [4.69, 9.17) is 20.8 Å². The number of aliphatic hydroxyl groups excluding tert-OH is 1. The number of amides is 2. The van der Waals surface area contributed by atoms with Crippen LogP contribution in [0.2, 0.25) is 5.28 Å². The largest absolute Gasteiger partial charge is 0.497 e. The zero-order chi connectivity index (χ0) is 21.0. The summed E-state index contributed by atoms with van der Waals surface area (Å²) in [7, 11) is 1.53. The van der Waals surface area contributed by atoms with Crippen LogP contribution in [0.1, 0.15) is 21.7 Å². The molecule has 0 aliphatic carbocycles. The van der Waals surface area contributed by atoms with Crippen LogP contribution in [0.15, 0.2) is 34.9 Å². The fourth-order valence-electron chi connectivity index (χ4n) is 3.86. The lowest BCUT2D eigenvalue weighted by Crippen LogP contribution is -2.53. The standard InChI is InChI=1S/C19H16ClN5O5/c1-29-11-3-2-9-7-25(15(26)12(9)5-11)8-19(16(27)23-18(28)24-19)13-4-10-6-21-17(20)22-14(10)30-13/h2-6,18,24,28H,7-8H2,1H3,(H,23,27)/t18?,19-/m0/s1. The average Bonchev–Trinajstić information content (AvgIpc) is 3.36. The van der Waals surface area contributed by atoms with Crippen LogP contribution in [0.3, 0.4) is 0 Å². The van der Waals surface area contributed by atoms with Gasteiger partial charge in [0.25, 0.3) is 11.8 Å². The number of hydrogen-bond donors (Lipinski definition) is 3. The number of rotatable bonds is 4. The highest BCUT2D eigenvalue weighted by Gasteiger charge is 2.52. The van der Waals surface area contributed by atoms with Gasteiger partial charge in [0.1, 0.15) is 11.5 Å². The van der Waals surface area contributed by atoms with Crippen molar-refractivity contribution in [2.24, 2.45) is 0 Å². The number of fused-ring (bicyclic) bond motifs is 2. The summed E-state index contributed by atoms with van der Waals surface area (Å²) in [6.07, 6.45) is 0.165. The van der Waals surface area contributed by atoms with Gasteiger partial charge in [0, 0.05) is 18.3 Å². The Balaban J connectivity index is 1.54. The third-order valence-electron chi connectivity index (χ3n) is 5.33. The van der Waals surface area contributed by atoms with Crippen molar-refractivity contribution >= 4 is 34.5 Å². The van der Waals surface area contributed by atoms with Crippen LogP contribution >= 0.6 is 11.6 Å². The number of methoxy groups -OCH3 is 1. The van der Waals surface area contributed by atoms with Crippen LogP contribution in [-0.4, -0.2) is 51.8 Å². The molecule has 2 aromatic heterocycles. The molecule has 1 fully saturated rings. The Morgan fingerprint density at radius 1 is 1.40 bits per heavy atom. The molecule has 1 unspecified atom stereocenters. The lowest BCUT2D eigenvalue weighted by Gasteiger charge is -2.29. The summed E-state index contributed by atoms with van der Waals surface area (Å²) in [5.41, 5.74) is -0.00187. The van der Waals surface area contributed by atoms with Gasteiger partial charge in [0.2, 0.25) is 11.0 Å². The summed E-state index contributed by atoms with van der Waals surface area (Å²) in [5, 5.41) is 15.8. The second-order valence-corrected chi connectivity index (χ2v) is 7.46. The summed E-state index contributed by atoms with van der Waals surface area (Å²) in [5.74, 6) is -0.0318. The number of nitrogens with zero attached hydrogens (tertiary/aromatic N) is 3. The summed E-state index contributed by atoms with van der Waals surface area (Å²) < 4.78 is 11.0. The molecule has 1 saturated heterocycles. The first-order valence-corrected chi connectivity index (χ1v) is 9.43. The molecule has 1 aromatic carbocycles. The molecule has 3 aromatic rings. The molecule has 2 atom stereocenters. The first kappa shape index (κ1) is 18.8. The number of carbonyl (C=O) groups excluding carboxylic acids is 2. The van der Waals surface area contributed by atoms with Crippen molar-refractivity contribution in [2.75, 3.05) is 13.7 Å². The summed E-state index contributed by atoms with van der Waals surface area (Å²) in [6, 6.07) is 6.85. The zero-order valence-corrected chi connectivity index (χ0v) is 16.4. The summed E-state index contributed by atoms with van der Waals surface area (Å²) >= 11 is 5.83. The van der Waals surface area contributed by atoms with E-state index in [1.165, 1.54) is 18.2 Å². The van der Waals surface area contributed by atoms with Crippen LogP contribution in [0.25, 0.3) is 11.1 Å². The number of hydrogen-bond acceptors (Lipinski definition) is 8. The van der Waals surface area contributed by atoms with Gasteiger partial charge < -0.3 is 24.5 Å². The Kier molecular flexibility index (Phi) is 4.17. The van der Waals surface area contributed by atoms with Crippen molar-refractivity contribution in [3.63, 3.8) is 0 Å². The number of ether oxygens (including phenoxy) is 1. The molecule has 2 aliphatic rings. The Morgan fingerprint density at radius 2 is 2.23 bits per heavy atom. The normalized spacial score (nSPS) is 23.2. The molecule has 11 heteroatoms. The van der Waals surface area contributed by atoms with Crippen molar-refractivity contribution in [1.29, 1.82) is 0 Å². The predicted molar refractivity (Wildman–Crippen MR) is 104 cm³/mol. The second kappa shape index (κ2) is 6.66. The maximum Gasteiger partial charge on any atom is 0.254 e. The topological polar surface area (TPSA) is 130 Å². The van der Waals surface area contributed by atoms with Crippen LogP contribution in [0, 0.1) is 0 Å². The van der Waals surface area contributed by atoms with Gasteiger partial charge in [-0.2, -0.15) is 4.98 Å². The number of carbonyl (C=O) groups is 2. The van der Waals surface area contributed by atoms with E-state index in [2.05, 4.69) is 20.6 Å². The highest BCUT2D eigenvalue weighted by atomic mass is 35.5. The first-order valence-electron chi connectivity index (χ1n) is 9.05. The molecule has 2 aliphatic heterocycles. The number of nitrogens with one attached hydrogen (secondary N) is 2.